The van der Waals surface area contributed by atoms with Crippen LogP contribution in [-0.2, 0) is 16.4 Å². The number of hydrogen-bond acceptors (Lipinski definition) is 4. The van der Waals surface area contributed by atoms with E-state index in [9.17, 15) is 8.42 Å². The molecule has 0 saturated heterocycles. The SMILES string of the molecule is CS(=O)(=O)NC1CCC(N2CCc3cncc4cccc2c34)CC1. The number of hydrogen-bond donors (Lipinski definition) is 1. The van der Waals surface area contributed by atoms with Crippen LogP contribution in [0.3, 0.4) is 0 Å². The molecule has 4 rings (SSSR count). The van der Waals surface area contributed by atoms with E-state index in [-0.39, 0.29) is 6.04 Å². The van der Waals surface area contributed by atoms with Crippen LogP contribution in [-0.4, -0.2) is 38.3 Å². The summed E-state index contributed by atoms with van der Waals surface area (Å²) >= 11 is 0. The molecule has 0 bridgehead atoms. The van der Waals surface area contributed by atoms with E-state index in [1.165, 1.54) is 28.3 Å². The Labute approximate surface area is 143 Å². The third-order valence-electron chi connectivity index (χ3n) is 5.29. The van der Waals surface area contributed by atoms with E-state index >= 15 is 0 Å². The van der Waals surface area contributed by atoms with Crippen LogP contribution in [0.5, 0.6) is 0 Å². The highest BCUT2D eigenvalue weighted by Crippen LogP contribution is 2.37. The molecule has 128 valence electrons. The minimum Gasteiger partial charge on any atom is -0.368 e. The summed E-state index contributed by atoms with van der Waals surface area (Å²) in [6.45, 7) is 1.02. The maximum atomic E-state index is 11.4. The first-order chi connectivity index (χ1) is 11.5. The number of nitrogens with zero attached hydrogens (tertiary/aromatic N) is 2. The monoisotopic (exact) mass is 345 g/mol. The molecule has 0 radical (unpaired) electrons. The Morgan fingerprint density at radius 3 is 2.71 bits per heavy atom. The van der Waals surface area contributed by atoms with Crippen LogP contribution in [0.25, 0.3) is 10.8 Å². The van der Waals surface area contributed by atoms with Crippen LogP contribution in [0.4, 0.5) is 5.69 Å². The third kappa shape index (κ3) is 3.00. The lowest BCUT2D eigenvalue weighted by molar-refractivity contribution is 0.358. The fraction of sp³-hybridized carbons (Fsp3) is 0.500. The van der Waals surface area contributed by atoms with Gasteiger partial charge in [-0.15, -0.1) is 0 Å². The van der Waals surface area contributed by atoms with Crippen molar-refractivity contribution >= 4 is 26.5 Å². The fourth-order valence-electron chi connectivity index (χ4n) is 4.26. The van der Waals surface area contributed by atoms with Crippen molar-refractivity contribution in [3.63, 3.8) is 0 Å². The molecule has 6 heteroatoms. The molecule has 2 aliphatic rings. The summed E-state index contributed by atoms with van der Waals surface area (Å²) in [5.74, 6) is 0. The third-order valence-corrected chi connectivity index (χ3v) is 6.05. The number of anilines is 1. The zero-order valence-electron chi connectivity index (χ0n) is 13.9. The molecule has 1 fully saturated rings. The van der Waals surface area contributed by atoms with Crippen molar-refractivity contribution in [2.75, 3.05) is 17.7 Å². The van der Waals surface area contributed by atoms with Gasteiger partial charge in [0.05, 0.1) is 6.26 Å². The number of pyridine rings is 1. The molecule has 5 nitrogen and oxygen atoms in total. The fourth-order valence-corrected chi connectivity index (χ4v) is 5.11. The van der Waals surface area contributed by atoms with Crippen molar-refractivity contribution in [1.29, 1.82) is 0 Å². The first-order valence-corrected chi connectivity index (χ1v) is 10.5. The minimum atomic E-state index is -3.11. The topological polar surface area (TPSA) is 62.3 Å². The number of nitrogens with one attached hydrogen (secondary N) is 1. The van der Waals surface area contributed by atoms with Crippen molar-refractivity contribution in [2.24, 2.45) is 0 Å². The van der Waals surface area contributed by atoms with Crippen molar-refractivity contribution in [2.45, 2.75) is 44.2 Å². The molecule has 0 amide bonds. The normalized spacial score (nSPS) is 24.3. The maximum absolute atomic E-state index is 11.4. The molecule has 1 saturated carbocycles. The highest BCUT2D eigenvalue weighted by molar-refractivity contribution is 7.88. The van der Waals surface area contributed by atoms with Crippen molar-refractivity contribution in [3.05, 3.63) is 36.2 Å². The number of rotatable bonds is 3. The Balaban J connectivity index is 1.56. The molecule has 2 aromatic rings. The highest BCUT2D eigenvalue weighted by Gasteiger charge is 2.30. The molecule has 1 N–H and O–H groups in total. The first-order valence-electron chi connectivity index (χ1n) is 8.61. The summed E-state index contributed by atoms with van der Waals surface area (Å²) in [6, 6.07) is 7.04. The van der Waals surface area contributed by atoms with Gasteiger partial charge < -0.3 is 4.90 Å². The van der Waals surface area contributed by atoms with E-state index < -0.39 is 10.0 Å². The Kier molecular flexibility index (Phi) is 3.96. The van der Waals surface area contributed by atoms with Gasteiger partial charge in [0.15, 0.2) is 0 Å². The van der Waals surface area contributed by atoms with Gasteiger partial charge in [-0.3, -0.25) is 4.98 Å². The summed E-state index contributed by atoms with van der Waals surface area (Å²) in [4.78, 5) is 6.89. The van der Waals surface area contributed by atoms with Crippen LogP contribution in [0, 0.1) is 0 Å². The average Bonchev–Trinajstić information content (AvgIpc) is 2.55. The van der Waals surface area contributed by atoms with Crippen LogP contribution in [0.1, 0.15) is 31.2 Å². The predicted octanol–water partition coefficient (Wildman–Crippen LogP) is 2.46. The van der Waals surface area contributed by atoms with Gasteiger partial charge in [-0.2, -0.15) is 0 Å². The Bertz CT molecular complexity index is 852. The van der Waals surface area contributed by atoms with Gasteiger partial charge in [-0.05, 0) is 43.7 Å². The van der Waals surface area contributed by atoms with E-state index in [2.05, 4.69) is 32.8 Å². The van der Waals surface area contributed by atoms with Crippen molar-refractivity contribution < 1.29 is 8.42 Å². The highest BCUT2D eigenvalue weighted by atomic mass is 32.2. The lowest BCUT2D eigenvalue weighted by atomic mass is 9.88. The van der Waals surface area contributed by atoms with Crippen LogP contribution in [0.2, 0.25) is 0 Å². The molecular formula is C18H23N3O2S. The van der Waals surface area contributed by atoms with Gasteiger partial charge in [-0.25, -0.2) is 13.1 Å². The molecular weight excluding hydrogens is 322 g/mol. The summed E-state index contributed by atoms with van der Waals surface area (Å²) < 4.78 is 25.6. The van der Waals surface area contributed by atoms with Crippen LogP contribution < -0.4 is 9.62 Å². The van der Waals surface area contributed by atoms with Gasteiger partial charge in [0.1, 0.15) is 0 Å². The van der Waals surface area contributed by atoms with Crippen LogP contribution >= 0.6 is 0 Å². The minimum absolute atomic E-state index is 0.0910. The number of benzene rings is 1. The quantitative estimate of drug-likeness (QED) is 0.928. The first kappa shape index (κ1) is 15.8. The lowest BCUT2D eigenvalue weighted by Gasteiger charge is -2.41. The lowest BCUT2D eigenvalue weighted by Crippen LogP contribution is -2.45. The van der Waals surface area contributed by atoms with Crippen LogP contribution in [0.15, 0.2) is 30.6 Å². The summed E-state index contributed by atoms with van der Waals surface area (Å²) in [6.07, 6.45) is 10.1. The average molecular weight is 345 g/mol. The summed E-state index contributed by atoms with van der Waals surface area (Å²) in [7, 11) is -3.11. The van der Waals surface area contributed by atoms with E-state index in [1.807, 2.05) is 12.4 Å². The van der Waals surface area contributed by atoms with Gasteiger partial charge in [0.25, 0.3) is 0 Å². The largest absolute Gasteiger partial charge is 0.368 e. The molecule has 1 aromatic heterocycles. The molecule has 1 aromatic carbocycles. The molecule has 0 spiro atoms. The zero-order valence-corrected chi connectivity index (χ0v) is 14.7. The molecule has 1 aliphatic carbocycles. The van der Waals surface area contributed by atoms with Gasteiger partial charge in [0, 0.05) is 47.5 Å². The summed E-state index contributed by atoms with van der Waals surface area (Å²) in [5, 5.41) is 2.55. The smallest absolute Gasteiger partial charge is 0.208 e. The molecule has 1 aliphatic heterocycles. The standard InChI is InChI=1S/C18H23N3O2S/c1-24(22,23)20-15-5-7-16(8-6-15)21-10-9-14-12-19-11-13-3-2-4-17(21)18(13)14/h2-4,11-12,15-16,20H,5-10H2,1H3. The predicted molar refractivity (Wildman–Crippen MR) is 96.8 cm³/mol. The van der Waals surface area contributed by atoms with Gasteiger partial charge in [0.2, 0.25) is 10.0 Å². The summed E-state index contributed by atoms with van der Waals surface area (Å²) in [5.41, 5.74) is 2.66. The molecule has 0 atom stereocenters. The number of aromatic nitrogens is 1. The van der Waals surface area contributed by atoms with E-state index in [0.717, 1.165) is 38.6 Å². The Morgan fingerprint density at radius 2 is 1.96 bits per heavy atom. The maximum Gasteiger partial charge on any atom is 0.208 e. The molecule has 2 heterocycles. The van der Waals surface area contributed by atoms with Crippen molar-refractivity contribution in [3.8, 4) is 0 Å². The van der Waals surface area contributed by atoms with E-state index in [4.69, 9.17) is 0 Å². The van der Waals surface area contributed by atoms with E-state index in [0.29, 0.717) is 6.04 Å². The van der Waals surface area contributed by atoms with E-state index in [1.54, 1.807) is 0 Å². The Hall–Kier alpha value is -1.66. The zero-order chi connectivity index (χ0) is 16.7. The van der Waals surface area contributed by atoms with Gasteiger partial charge in [-0.1, -0.05) is 12.1 Å². The Morgan fingerprint density at radius 1 is 1.17 bits per heavy atom. The number of sulfonamides is 1. The molecule has 0 unspecified atom stereocenters. The molecule has 24 heavy (non-hydrogen) atoms. The second kappa shape index (κ2) is 6.01. The second-order valence-corrected chi connectivity index (χ2v) is 8.79. The second-order valence-electron chi connectivity index (χ2n) is 7.01. The van der Waals surface area contributed by atoms with Crippen molar-refractivity contribution in [1.82, 2.24) is 9.71 Å². The van der Waals surface area contributed by atoms with Gasteiger partial charge >= 0.3 is 0 Å².